The average Bonchev–Trinajstić information content (AvgIpc) is 3.25. The molecule has 0 saturated heterocycles. The molecule has 8 aliphatic carbocycles. The van der Waals surface area contributed by atoms with Gasteiger partial charge in [0.1, 0.15) is 11.5 Å². The summed E-state index contributed by atoms with van der Waals surface area (Å²) in [5.74, 6) is 6.72. The summed E-state index contributed by atoms with van der Waals surface area (Å²) >= 11 is 1.91. The zero-order valence-electron chi connectivity index (χ0n) is 40.4. The summed E-state index contributed by atoms with van der Waals surface area (Å²) in [7, 11) is 0. The minimum atomic E-state index is -0.0786. The highest BCUT2D eigenvalue weighted by molar-refractivity contribution is 7.99. The van der Waals surface area contributed by atoms with E-state index < -0.39 is 0 Å². The molecular formula is C61H73NO2S. The van der Waals surface area contributed by atoms with Crippen molar-refractivity contribution in [3.8, 4) is 56.3 Å². The van der Waals surface area contributed by atoms with Gasteiger partial charge < -0.3 is 10.2 Å². The Labute approximate surface area is 394 Å². The zero-order valence-corrected chi connectivity index (χ0v) is 41.2. The van der Waals surface area contributed by atoms with E-state index in [1.807, 2.05) is 11.8 Å². The Morgan fingerprint density at radius 3 is 1.20 bits per heavy atom. The van der Waals surface area contributed by atoms with Crippen LogP contribution < -0.4 is 0 Å². The van der Waals surface area contributed by atoms with E-state index in [0.29, 0.717) is 11.5 Å². The Balaban J connectivity index is 1.07. The van der Waals surface area contributed by atoms with Crippen LogP contribution in [0.1, 0.15) is 161 Å². The molecule has 3 nitrogen and oxygen atoms in total. The number of unbranched alkanes of at least 4 members (excludes halogenated alkanes) is 1. The van der Waals surface area contributed by atoms with E-state index in [4.69, 9.17) is 4.98 Å². The molecule has 0 unspecified atom stereocenters. The van der Waals surface area contributed by atoms with Crippen LogP contribution in [0.4, 0.5) is 0 Å². The number of phenolic OH excluding ortho intramolecular Hbond substituents is 2. The lowest BCUT2D eigenvalue weighted by molar-refractivity contribution is -0.00631. The van der Waals surface area contributed by atoms with Crippen molar-refractivity contribution < 1.29 is 10.2 Å². The van der Waals surface area contributed by atoms with Crippen molar-refractivity contribution in [1.29, 1.82) is 0 Å². The number of pyridine rings is 1. The molecule has 1 aromatic heterocycles. The first-order valence-corrected chi connectivity index (χ1v) is 26.7. The molecular weight excluding hydrogens is 811 g/mol. The van der Waals surface area contributed by atoms with Gasteiger partial charge in [-0.2, -0.15) is 0 Å². The van der Waals surface area contributed by atoms with Gasteiger partial charge in [0, 0.05) is 38.3 Å². The predicted molar refractivity (Wildman–Crippen MR) is 272 cm³/mol. The van der Waals surface area contributed by atoms with Gasteiger partial charge in [-0.3, -0.25) is 0 Å². The Hall–Kier alpha value is -4.02. The van der Waals surface area contributed by atoms with Crippen molar-refractivity contribution in [2.24, 2.45) is 35.5 Å². The second-order valence-corrected chi connectivity index (χ2v) is 25.8. The lowest BCUT2D eigenvalue weighted by atomic mass is 9.47. The van der Waals surface area contributed by atoms with Gasteiger partial charge in [0.2, 0.25) is 0 Å². The molecule has 0 atom stereocenters. The van der Waals surface area contributed by atoms with Gasteiger partial charge in [0.05, 0.1) is 11.4 Å². The minimum Gasteiger partial charge on any atom is -0.507 e. The third-order valence-electron chi connectivity index (χ3n) is 17.7. The molecule has 5 aromatic rings. The summed E-state index contributed by atoms with van der Waals surface area (Å²) in [5.41, 5.74) is 12.8. The van der Waals surface area contributed by atoms with Crippen molar-refractivity contribution >= 4 is 11.8 Å². The van der Waals surface area contributed by atoms with Gasteiger partial charge >= 0.3 is 0 Å². The van der Waals surface area contributed by atoms with Crippen molar-refractivity contribution in [2.75, 3.05) is 5.75 Å². The highest BCUT2D eigenvalue weighted by Gasteiger charge is 2.54. The van der Waals surface area contributed by atoms with Crippen LogP contribution in [0, 0.1) is 35.5 Å². The summed E-state index contributed by atoms with van der Waals surface area (Å²) < 4.78 is 0. The second-order valence-electron chi connectivity index (χ2n) is 24.6. The summed E-state index contributed by atoms with van der Waals surface area (Å²) in [6, 6.07) is 31.4. The number of thioether (sulfide) groups is 1. The Kier molecular flexibility index (Phi) is 10.8. The van der Waals surface area contributed by atoms with E-state index in [1.54, 1.807) is 0 Å². The summed E-state index contributed by atoms with van der Waals surface area (Å²) in [5, 5.41) is 25.6. The molecule has 4 aromatic carbocycles. The van der Waals surface area contributed by atoms with Crippen molar-refractivity contribution in [1.82, 2.24) is 4.98 Å². The number of nitrogens with zero attached hydrogens (tertiary/aromatic N) is 1. The number of hydrogen-bond acceptors (Lipinski definition) is 4. The van der Waals surface area contributed by atoms with Gasteiger partial charge in [-0.15, -0.1) is 11.8 Å². The van der Waals surface area contributed by atoms with Crippen LogP contribution in [0.5, 0.6) is 11.5 Å². The van der Waals surface area contributed by atoms with Crippen molar-refractivity contribution in [2.45, 2.75) is 165 Å². The van der Waals surface area contributed by atoms with Crippen LogP contribution in [0.2, 0.25) is 0 Å². The van der Waals surface area contributed by atoms with Crippen LogP contribution in [0.3, 0.4) is 0 Å². The van der Waals surface area contributed by atoms with Gasteiger partial charge in [-0.25, -0.2) is 4.98 Å². The fourth-order valence-corrected chi connectivity index (χ4v) is 16.4. The second kappa shape index (κ2) is 16.1. The van der Waals surface area contributed by atoms with E-state index in [9.17, 15) is 10.2 Å². The van der Waals surface area contributed by atoms with Crippen molar-refractivity contribution in [3.05, 3.63) is 107 Å². The number of hydrogen-bond donors (Lipinski definition) is 2. The predicted octanol–water partition coefficient (Wildman–Crippen LogP) is 16.6. The number of aromatic hydroxyl groups is 2. The lowest BCUT2D eigenvalue weighted by Crippen LogP contribution is -2.48. The van der Waals surface area contributed by atoms with Crippen LogP contribution in [-0.4, -0.2) is 20.9 Å². The Bertz CT molecular complexity index is 2400. The third kappa shape index (κ3) is 7.78. The van der Waals surface area contributed by atoms with Crippen molar-refractivity contribution in [3.63, 3.8) is 0 Å². The first-order valence-electron chi connectivity index (χ1n) is 25.7. The minimum absolute atomic E-state index is 0.0557. The third-order valence-corrected chi connectivity index (χ3v) is 18.8. The van der Waals surface area contributed by atoms with Crippen LogP contribution in [-0.2, 0) is 21.7 Å². The van der Waals surface area contributed by atoms with Gasteiger partial charge in [0.15, 0.2) is 0 Å². The van der Waals surface area contributed by atoms with E-state index in [2.05, 4.69) is 133 Å². The Morgan fingerprint density at radius 1 is 0.508 bits per heavy atom. The zero-order chi connectivity index (χ0) is 45.0. The molecule has 340 valence electrons. The normalized spacial score (nSPS) is 28.9. The molecule has 13 rings (SSSR count). The fourth-order valence-electron chi connectivity index (χ4n) is 15.3. The highest BCUT2D eigenvalue weighted by atomic mass is 32.2. The van der Waals surface area contributed by atoms with Crippen LogP contribution >= 0.6 is 11.8 Å². The quantitative estimate of drug-likeness (QED) is 0.108. The van der Waals surface area contributed by atoms with E-state index in [1.165, 1.54) is 104 Å². The maximum Gasteiger partial charge on any atom is 0.127 e. The lowest BCUT2D eigenvalue weighted by Gasteiger charge is -2.57. The molecule has 8 fully saturated rings. The topological polar surface area (TPSA) is 53.4 Å². The maximum atomic E-state index is 12.8. The molecule has 1 heterocycles. The van der Waals surface area contributed by atoms with Crippen LogP contribution in [0.25, 0.3) is 44.8 Å². The largest absolute Gasteiger partial charge is 0.507 e. The van der Waals surface area contributed by atoms with Gasteiger partial charge in [-0.05, 0) is 193 Å². The first kappa shape index (κ1) is 43.5. The standard InChI is InChI=1S/C61H73NO2S/c1-8-9-18-65-45-29-54(48-16-12-10-14-46(48)50-25-43(58(2,3)4)27-52(56(50)63)60-31-37-19-38(32-60)21-39(20-37)33-60)62-55(30-45)49-17-13-11-15-47(49)51-26-44(59(5,6)7)28-53(57(51)64)61-34-40-22-41(35-61)24-42(23-40)36-61/h10-17,25-30,37-42,63-64H,8-9,18-24,31-36H2,1-7H3. The molecule has 0 aliphatic heterocycles. The monoisotopic (exact) mass is 884 g/mol. The molecule has 8 bridgehead atoms. The van der Waals surface area contributed by atoms with E-state index >= 15 is 0 Å². The summed E-state index contributed by atoms with van der Waals surface area (Å²) in [6.07, 6.45) is 17.8. The highest BCUT2D eigenvalue weighted by Crippen LogP contribution is 2.64. The SMILES string of the molecule is CCCCSc1cc(-c2ccccc2-c2cc(C(C)(C)C)cc(C34CC5CC(CC(C5)C3)C4)c2O)nc(-c2ccccc2-c2cc(C(C)(C)C)cc(C34CC5CC(CC(C5)C3)C4)c2O)c1. The number of benzene rings is 4. The average molecular weight is 884 g/mol. The van der Waals surface area contributed by atoms with Gasteiger partial charge in [-0.1, -0.05) is 116 Å². The summed E-state index contributed by atoms with van der Waals surface area (Å²) in [4.78, 5) is 6.85. The molecule has 4 heteroatoms. The number of rotatable bonds is 10. The number of aromatic nitrogens is 1. The summed E-state index contributed by atoms with van der Waals surface area (Å²) in [6.45, 7) is 16.2. The maximum absolute atomic E-state index is 12.8. The fraction of sp³-hybridized carbons (Fsp3) is 0.525. The molecule has 0 radical (unpaired) electrons. The molecule has 2 N–H and O–H groups in total. The van der Waals surface area contributed by atoms with E-state index in [-0.39, 0.29) is 21.7 Å². The molecule has 0 amide bonds. The van der Waals surface area contributed by atoms with Crippen LogP contribution in [0.15, 0.2) is 89.8 Å². The first-order chi connectivity index (χ1) is 31.1. The molecule has 65 heavy (non-hydrogen) atoms. The molecule has 8 aliphatic rings. The molecule has 8 saturated carbocycles. The van der Waals surface area contributed by atoms with Gasteiger partial charge in [0.25, 0.3) is 0 Å². The smallest absolute Gasteiger partial charge is 0.127 e. The number of phenols is 2. The Morgan fingerprint density at radius 2 is 0.862 bits per heavy atom. The molecule has 0 spiro atoms. The van der Waals surface area contributed by atoms with E-state index in [0.717, 1.165) is 98.9 Å².